The predicted octanol–water partition coefficient (Wildman–Crippen LogP) is 0.307. The van der Waals surface area contributed by atoms with Crippen LogP contribution in [0.25, 0.3) is 0 Å². The molecule has 1 N–H and O–H groups in total. The van der Waals surface area contributed by atoms with E-state index in [1.54, 1.807) is 0 Å². The van der Waals surface area contributed by atoms with Crippen LogP contribution in [0, 0.1) is 5.41 Å². The van der Waals surface area contributed by atoms with Gasteiger partial charge in [0.1, 0.15) is 12.1 Å². The fourth-order valence-corrected chi connectivity index (χ4v) is 1.34. The molecule has 62 valence electrons. The number of ketones is 1. The quantitative estimate of drug-likeness (QED) is 0.585. The molecule has 0 aromatic heterocycles. The maximum Gasteiger partial charge on any atom is 0.132 e. The van der Waals surface area contributed by atoms with Crippen LogP contribution in [-0.4, -0.2) is 23.8 Å². The van der Waals surface area contributed by atoms with Crippen molar-refractivity contribution in [2.24, 2.45) is 5.41 Å². The fraction of sp³-hybridized carbons (Fsp3) is 0.750. The van der Waals surface area contributed by atoms with Gasteiger partial charge in [-0.3, -0.25) is 4.79 Å². The van der Waals surface area contributed by atoms with E-state index < -0.39 is 5.41 Å². The Bertz CT molecular complexity index is 164. The van der Waals surface area contributed by atoms with Crippen molar-refractivity contribution < 1.29 is 14.7 Å². The summed E-state index contributed by atoms with van der Waals surface area (Å²) in [5.74, 6) is 0.205. The van der Waals surface area contributed by atoms with Crippen LogP contribution < -0.4 is 0 Å². The van der Waals surface area contributed by atoms with Crippen LogP contribution >= 0.6 is 0 Å². The molecule has 1 rings (SSSR count). The van der Waals surface area contributed by atoms with Gasteiger partial charge < -0.3 is 9.90 Å². The zero-order valence-corrected chi connectivity index (χ0v) is 6.38. The number of carbonyl (C=O) groups excluding carboxylic acids is 2. The Morgan fingerprint density at radius 2 is 2.00 bits per heavy atom. The normalized spacial score (nSPS) is 23.2. The minimum atomic E-state index is -0.603. The van der Waals surface area contributed by atoms with Crippen LogP contribution in [0.2, 0.25) is 0 Å². The third-order valence-corrected chi connectivity index (χ3v) is 2.37. The Labute approximate surface area is 65.4 Å². The van der Waals surface area contributed by atoms with Gasteiger partial charge in [0.25, 0.3) is 0 Å². The average Bonchev–Trinajstić information content (AvgIpc) is 2.07. The summed E-state index contributed by atoms with van der Waals surface area (Å²) in [4.78, 5) is 21.3. The first kappa shape index (κ1) is 8.40. The second kappa shape index (κ2) is 3.13. The average molecular weight is 156 g/mol. The minimum absolute atomic E-state index is 0.121. The number of hydrogen-bond donors (Lipinski definition) is 1. The second-order valence-corrected chi connectivity index (χ2v) is 3.18. The molecule has 0 aromatic rings. The Morgan fingerprint density at radius 3 is 2.36 bits per heavy atom. The lowest BCUT2D eigenvalue weighted by atomic mass is 9.75. The highest BCUT2D eigenvalue weighted by Gasteiger charge is 2.33. The monoisotopic (exact) mass is 156 g/mol. The first-order chi connectivity index (χ1) is 5.22. The molecule has 1 saturated carbocycles. The van der Waals surface area contributed by atoms with Gasteiger partial charge in [-0.1, -0.05) is 0 Å². The fourth-order valence-electron chi connectivity index (χ4n) is 1.34. The molecule has 3 nitrogen and oxygen atoms in total. The maximum atomic E-state index is 10.8. The smallest absolute Gasteiger partial charge is 0.132 e. The molecule has 0 bridgehead atoms. The van der Waals surface area contributed by atoms with E-state index in [4.69, 9.17) is 5.11 Å². The summed E-state index contributed by atoms with van der Waals surface area (Å²) in [5.41, 5.74) is -0.603. The van der Waals surface area contributed by atoms with Crippen molar-refractivity contribution in [3.05, 3.63) is 0 Å². The highest BCUT2D eigenvalue weighted by atomic mass is 16.3. The molecule has 1 fully saturated rings. The van der Waals surface area contributed by atoms with Crippen LogP contribution in [0.3, 0.4) is 0 Å². The second-order valence-electron chi connectivity index (χ2n) is 3.18. The molecule has 3 heteroatoms. The molecule has 1 aliphatic carbocycles. The Balaban J connectivity index is 2.59. The van der Waals surface area contributed by atoms with Crippen molar-refractivity contribution in [2.75, 3.05) is 6.61 Å². The van der Waals surface area contributed by atoms with Crippen molar-refractivity contribution in [3.63, 3.8) is 0 Å². The summed E-state index contributed by atoms with van der Waals surface area (Å²) < 4.78 is 0. The topological polar surface area (TPSA) is 54.4 Å². The van der Waals surface area contributed by atoms with Gasteiger partial charge in [-0.15, -0.1) is 0 Å². The highest BCUT2D eigenvalue weighted by Crippen LogP contribution is 2.31. The predicted molar refractivity (Wildman–Crippen MR) is 39.1 cm³/mol. The van der Waals surface area contributed by atoms with Gasteiger partial charge in [-0.2, -0.15) is 0 Å². The van der Waals surface area contributed by atoms with E-state index in [1.807, 2.05) is 0 Å². The summed E-state index contributed by atoms with van der Waals surface area (Å²) in [6.07, 6.45) is 2.72. The van der Waals surface area contributed by atoms with E-state index >= 15 is 0 Å². The summed E-state index contributed by atoms with van der Waals surface area (Å²) in [6, 6.07) is 0. The van der Waals surface area contributed by atoms with E-state index in [0.29, 0.717) is 25.7 Å². The van der Waals surface area contributed by atoms with Crippen molar-refractivity contribution in [1.82, 2.24) is 0 Å². The molecular weight excluding hydrogens is 144 g/mol. The standard InChI is InChI=1S/C8H12O3/c9-5-8(6-10)3-1-7(11)2-4-8/h5,10H,1-4,6H2. The zero-order chi connectivity index (χ0) is 8.32. The Kier molecular flexibility index (Phi) is 2.39. The number of aliphatic hydroxyl groups is 1. The Morgan fingerprint density at radius 1 is 1.45 bits per heavy atom. The molecule has 0 aliphatic heterocycles. The number of aliphatic hydroxyl groups excluding tert-OH is 1. The highest BCUT2D eigenvalue weighted by molar-refractivity contribution is 5.81. The van der Waals surface area contributed by atoms with E-state index in [9.17, 15) is 9.59 Å². The molecule has 0 saturated heterocycles. The van der Waals surface area contributed by atoms with Crippen molar-refractivity contribution >= 4 is 12.1 Å². The summed E-state index contributed by atoms with van der Waals surface area (Å²) in [5, 5.41) is 8.89. The minimum Gasteiger partial charge on any atom is -0.395 e. The number of Topliss-reactive ketones (excluding diaryl/α,β-unsaturated/α-hetero) is 1. The van der Waals surface area contributed by atoms with Crippen molar-refractivity contribution in [2.45, 2.75) is 25.7 Å². The third-order valence-electron chi connectivity index (χ3n) is 2.37. The van der Waals surface area contributed by atoms with Gasteiger partial charge in [0.2, 0.25) is 0 Å². The molecule has 0 amide bonds. The van der Waals surface area contributed by atoms with E-state index in [-0.39, 0.29) is 12.4 Å². The lowest BCUT2D eigenvalue weighted by Crippen LogP contribution is -2.32. The van der Waals surface area contributed by atoms with Gasteiger partial charge in [0.15, 0.2) is 0 Å². The molecule has 1 aliphatic rings. The van der Waals surface area contributed by atoms with Gasteiger partial charge in [-0.05, 0) is 12.8 Å². The van der Waals surface area contributed by atoms with Crippen molar-refractivity contribution in [3.8, 4) is 0 Å². The van der Waals surface area contributed by atoms with E-state index in [1.165, 1.54) is 0 Å². The van der Waals surface area contributed by atoms with Gasteiger partial charge in [0, 0.05) is 18.3 Å². The summed E-state index contributed by atoms with van der Waals surface area (Å²) in [6.45, 7) is -0.121. The van der Waals surface area contributed by atoms with Crippen LogP contribution in [0.1, 0.15) is 25.7 Å². The van der Waals surface area contributed by atoms with E-state index in [2.05, 4.69) is 0 Å². The largest absolute Gasteiger partial charge is 0.395 e. The molecule has 0 radical (unpaired) electrons. The molecular formula is C8H12O3. The van der Waals surface area contributed by atoms with Gasteiger partial charge >= 0.3 is 0 Å². The maximum absolute atomic E-state index is 10.8. The van der Waals surface area contributed by atoms with E-state index in [0.717, 1.165) is 6.29 Å². The number of hydrogen-bond acceptors (Lipinski definition) is 3. The summed E-state index contributed by atoms with van der Waals surface area (Å²) >= 11 is 0. The first-order valence-corrected chi connectivity index (χ1v) is 3.81. The molecule has 11 heavy (non-hydrogen) atoms. The third kappa shape index (κ3) is 1.66. The molecule has 0 aromatic carbocycles. The SMILES string of the molecule is O=CC1(CO)CCC(=O)CC1. The zero-order valence-electron chi connectivity index (χ0n) is 6.38. The lowest BCUT2D eigenvalue weighted by Gasteiger charge is -2.28. The Hall–Kier alpha value is -0.700. The van der Waals surface area contributed by atoms with Crippen molar-refractivity contribution in [1.29, 1.82) is 0 Å². The molecule has 0 spiro atoms. The van der Waals surface area contributed by atoms with Gasteiger partial charge in [0.05, 0.1) is 6.61 Å². The van der Waals surface area contributed by atoms with Gasteiger partial charge in [-0.25, -0.2) is 0 Å². The summed E-state index contributed by atoms with van der Waals surface area (Å²) in [7, 11) is 0. The van der Waals surface area contributed by atoms with Crippen LogP contribution in [0.4, 0.5) is 0 Å². The van der Waals surface area contributed by atoms with Crippen LogP contribution in [0.15, 0.2) is 0 Å². The van der Waals surface area contributed by atoms with Crippen LogP contribution in [-0.2, 0) is 9.59 Å². The lowest BCUT2D eigenvalue weighted by molar-refractivity contribution is -0.127. The molecule has 0 unspecified atom stereocenters. The number of rotatable bonds is 2. The van der Waals surface area contributed by atoms with Crippen LogP contribution in [0.5, 0.6) is 0 Å². The molecule has 0 atom stereocenters. The molecule has 0 heterocycles. The first-order valence-electron chi connectivity index (χ1n) is 3.81. The number of carbonyl (C=O) groups is 2. The number of aldehydes is 1.